The molecule has 2 rings (SSSR count). The van der Waals surface area contributed by atoms with Crippen LogP contribution in [-0.4, -0.2) is 38.3 Å². The summed E-state index contributed by atoms with van der Waals surface area (Å²) in [5, 5.41) is 2.90. The van der Waals surface area contributed by atoms with Gasteiger partial charge in [-0.15, -0.1) is 0 Å². The van der Waals surface area contributed by atoms with Gasteiger partial charge in [-0.2, -0.15) is 0 Å². The van der Waals surface area contributed by atoms with E-state index in [1.807, 2.05) is 0 Å². The van der Waals surface area contributed by atoms with Crippen LogP contribution >= 0.6 is 0 Å². The molecular weight excluding hydrogens is 288 g/mol. The van der Waals surface area contributed by atoms with Gasteiger partial charge in [-0.1, -0.05) is 6.07 Å². The number of hydrogen-bond donors (Lipinski definition) is 1. The van der Waals surface area contributed by atoms with Crippen LogP contribution in [0.1, 0.15) is 22.3 Å². The second-order valence-corrected chi connectivity index (χ2v) is 7.18. The number of Topliss-reactive ketones (excluding diaryl/α,β-unsaturated/α-hetero) is 1. The van der Waals surface area contributed by atoms with Crippen molar-refractivity contribution in [1.82, 2.24) is 5.32 Å². The highest BCUT2D eigenvalue weighted by Crippen LogP contribution is 2.18. The van der Waals surface area contributed by atoms with Crippen LogP contribution in [0.15, 0.2) is 12.1 Å². The number of carbonyl (C=O) groups excluding carboxylic acids is 1. The summed E-state index contributed by atoms with van der Waals surface area (Å²) in [4.78, 5) is 12.0. The normalized spacial score (nSPS) is 21.6. The molecule has 0 saturated carbocycles. The van der Waals surface area contributed by atoms with Gasteiger partial charge in [0.2, 0.25) is 0 Å². The van der Waals surface area contributed by atoms with Crippen molar-refractivity contribution >= 4 is 15.6 Å². The summed E-state index contributed by atoms with van der Waals surface area (Å²) in [7, 11) is -3.17. The van der Waals surface area contributed by atoms with Gasteiger partial charge in [0.15, 0.2) is 27.3 Å². The van der Waals surface area contributed by atoms with Gasteiger partial charge in [-0.25, -0.2) is 17.2 Å². The highest BCUT2D eigenvalue weighted by Gasteiger charge is 2.27. The molecule has 0 spiro atoms. The lowest BCUT2D eigenvalue weighted by Gasteiger charge is -2.23. The third-order valence-electron chi connectivity index (χ3n) is 3.31. The van der Waals surface area contributed by atoms with Crippen molar-refractivity contribution in [2.24, 2.45) is 0 Å². The molecule has 1 aromatic rings. The van der Waals surface area contributed by atoms with Crippen molar-refractivity contribution in [1.29, 1.82) is 0 Å². The number of sulfone groups is 1. The predicted molar refractivity (Wildman–Crippen MR) is 70.5 cm³/mol. The fourth-order valence-corrected chi connectivity index (χ4v) is 3.64. The van der Waals surface area contributed by atoms with Crippen LogP contribution < -0.4 is 5.32 Å². The Labute approximate surface area is 116 Å². The molecule has 1 heterocycles. The fourth-order valence-electron chi connectivity index (χ4n) is 2.19. The van der Waals surface area contributed by atoms with Gasteiger partial charge in [0, 0.05) is 19.0 Å². The van der Waals surface area contributed by atoms with Crippen molar-refractivity contribution in [3.8, 4) is 0 Å². The Morgan fingerprint density at radius 3 is 2.70 bits per heavy atom. The molecule has 0 aromatic heterocycles. The summed E-state index contributed by atoms with van der Waals surface area (Å²) in [6.45, 7) is 1.67. The van der Waals surface area contributed by atoms with Crippen LogP contribution in [0.4, 0.5) is 8.78 Å². The van der Waals surface area contributed by atoms with Gasteiger partial charge in [0.25, 0.3) is 0 Å². The topological polar surface area (TPSA) is 63.2 Å². The molecule has 1 aromatic carbocycles. The minimum absolute atomic E-state index is 0.0329. The van der Waals surface area contributed by atoms with E-state index in [0.717, 1.165) is 0 Å². The number of benzene rings is 1. The molecular formula is C13H15F2NO3S. The number of ketones is 1. The number of rotatable bonds is 3. The quantitative estimate of drug-likeness (QED) is 0.853. The van der Waals surface area contributed by atoms with Gasteiger partial charge in [0.05, 0.1) is 17.1 Å². The van der Waals surface area contributed by atoms with Crippen LogP contribution in [0.2, 0.25) is 0 Å². The van der Waals surface area contributed by atoms with E-state index in [0.29, 0.717) is 0 Å². The van der Waals surface area contributed by atoms with Crippen LogP contribution in [-0.2, 0) is 9.84 Å². The zero-order chi connectivity index (χ0) is 14.9. The smallest absolute Gasteiger partial charge is 0.169 e. The highest BCUT2D eigenvalue weighted by molar-refractivity contribution is 7.91. The van der Waals surface area contributed by atoms with E-state index in [4.69, 9.17) is 0 Å². The summed E-state index contributed by atoms with van der Waals surface area (Å²) in [6, 6.07) is 2.01. The Morgan fingerprint density at radius 1 is 1.35 bits per heavy atom. The maximum atomic E-state index is 13.7. The van der Waals surface area contributed by atoms with Gasteiger partial charge < -0.3 is 5.32 Å². The van der Waals surface area contributed by atoms with Crippen LogP contribution in [0, 0.1) is 18.6 Å². The van der Waals surface area contributed by atoms with E-state index >= 15 is 0 Å². The minimum Gasteiger partial charge on any atom is -0.312 e. The molecule has 1 aliphatic rings. The maximum Gasteiger partial charge on any atom is 0.169 e. The molecule has 4 nitrogen and oxygen atoms in total. The molecule has 1 aliphatic heterocycles. The molecule has 1 fully saturated rings. The summed E-state index contributed by atoms with van der Waals surface area (Å²) in [5.74, 6) is -2.94. The number of nitrogens with one attached hydrogen (secondary N) is 1. The van der Waals surface area contributed by atoms with E-state index in [1.165, 1.54) is 19.1 Å². The average Bonchev–Trinajstić information content (AvgIpc) is 2.34. The van der Waals surface area contributed by atoms with Crippen molar-refractivity contribution < 1.29 is 22.0 Å². The Kier molecular flexibility index (Phi) is 4.19. The van der Waals surface area contributed by atoms with Crippen LogP contribution in [0.5, 0.6) is 0 Å². The Balaban J connectivity index is 2.15. The van der Waals surface area contributed by atoms with Crippen LogP contribution in [0.3, 0.4) is 0 Å². The first-order chi connectivity index (χ1) is 9.30. The standard InChI is InChI=1S/C13H15F2NO3S/c1-8-2-3-10(13(15)12(8)14)11(17)6-9-7-20(18,19)5-4-16-9/h2-3,9,16H,4-7H2,1H3. The first kappa shape index (κ1) is 15.1. The van der Waals surface area contributed by atoms with E-state index in [-0.39, 0.29) is 35.6 Å². The Morgan fingerprint density at radius 2 is 2.05 bits per heavy atom. The lowest BCUT2D eigenvalue weighted by atomic mass is 10.0. The maximum absolute atomic E-state index is 13.7. The molecule has 110 valence electrons. The van der Waals surface area contributed by atoms with E-state index < -0.39 is 33.3 Å². The number of hydrogen-bond acceptors (Lipinski definition) is 4. The fraction of sp³-hybridized carbons (Fsp3) is 0.462. The molecule has 1 unspecified atom stereocenters. The summed E-state index contributed by atoms with van der Waals surface area (Å²) in [6.07, 6.45) is -0.168. The Hall–Kier alpha value is -1.34. The van der Waals surface area contributed by atoms with Crippen molar-refractivity contribution in [2.45, 2.75) is 19.4 Å². The second-order valence-electron chi connectivity index (χ2n) is 4.95. The van der Waals surface area contributed by atoms with E-state index in [2.05, 4.69) is 5.32 Å². The highest BCUT2D eigenvalue weighted by atomic mass is 32.2. The molecule has 20 heavy (non-hydrogen) atoms. The van der Waals surface area contributed by atoms with Crippen molar-refractivity contribution in [3.05, 3.63) is 34.9 Å². The summed E-state index contributed by atoms with van der Waals surface area (Å²) in [5.41, 5.74) is -0.213. The van der Waals surface area contributed by atoms with Crippen molar-refractivity contribution in [2.75, 3.05) is 18.1 Å². The lowest BCUT2D eigenvalue weighted by molar-refractivity contribution is 0.0967. The lowest BCUT2D eigenvalue weighted by Crippen LogP contribution is -2.46. The number of halogens is 2. The minimum atomic E-state index is -3.17. The first-order valence-corrected chi connectivity index (χ1v) is 8.04. The van der Waals surface area contributed by atoms with Gasteiger partial charge >= 0.3 is 0 Å². The zero-order valence-electron chi connectivity index (χ0n) is 10.9. The first-order valence-electron chi connectivity index (χ1n) is 6.22. The van der Waals surface area contributed by atoms with Gasteiger partial charge in [-0.05, 0) is 18.6 Å². The molecule has 0 amide bonds. The second kappa shape index (κ2) is 5.57. The van der Waals surface area contributed by atoms with Crippen molar-refractivity contribution in [3.63, 3.8) is 0 Å². The summed E-state index contributed by atoms with van der Waals surface area (Å²) < 4.78 is 50.0. The predicted octanol–water partition coefficient (Wildman–Crippen LogP) is 1.23. The van der Waals surface area contributed by atoms with Gasteiger partial charge in [0.1, 0.15) is 0 Å². The van der Waals surface area contributed by atoms with Crippen LogP contribution in [0.25, 0.3) is 0 Å². The third-order valence-corrected chi connectivity index (χ3v) is 5.05. The molecule has 0 aliphatic carbocycles. The molecule has 1 saturated heterocycles. The van der Waals surface area contributed by atoms with E-state index in [1.54, 1.807) is 0 Å². The zero-order valence-corrected chi connectivity index (χ0v) is 11.8. The third kappa shape index (κ3) is 3.21. The average molecular weight is 303 g/mol. The van der Waals surface area contributed by atoms with Gasteiger partial charge in [-0.3, -0.25) is 4.79 Å². The molecule has 1 N–H and O–H groups in total. The molecule has 0 radical (unpaired) electrons. The van der Waals surface area contributed by atoms with E-state index in [9.17, 15) is 22.0 Å². The summed E-state index contributed by atoms with van der Waals surface area (Å²) >= 11 is 0. The molecule has 1 atom stereocenters. The monoisotopic (exact) mass is 303 g/mol. The molecule has 7 heteroatoms. The SMILES string of the molecule is Cc1ccc(C(=O)CC2CS(=O)(=O)CCN2)c(F)c1F. The number of aryl methyl sites for hydroxylation is 1. The number of carbonyl (C=O) groups is 1. The largest absolute Gasteiger partial charge is 0.312 e. The molecule has 0 bridgehead atoms. The Bertz CT molecular complexity index is 643.